The van der Waals surface area contributed by atoms with E-state index in [1.807, 2.05) is 0 Å². The lowest BCUT2D eigenvalue weighted by atomic mass is 10.1. The highest BCUT2D eigenvalue weighted by Gasteiger charge is 2.37. The number of methoxy groups -OCH3 is 1. The van der Waals surface area contributed by atoms with E-state index in [0.29, 0.717) is 22.6 Å². The molecule has 2 aromatic rings. The molecule has 0 aromatic heterocycles. The molecular weight excluding hydrogens is 270 g/mol. The predicted molar refractivity (Wildman–Crippen MR) is 76.5 cm³/mol. The van der Waals surface area contributed by atoms with Gasteiger partial charge >= 0.3 is 0 Å². The van der Waals surface area contributed by atoms with Crippen molar-refractivity contribution in [2.75, 3.05) is 18.8 Å². The summed E-state index contributed by atoms with van der Waals surface area (Å²) < 4.78 is 10.3. The van der Waals surface area contributed by atoms with Crippen LogP contribution in [0.4, 0.5) is 5.69 Å². The number of imide groups is 1. The van der Waals surface area contributed by atoms with E-state index in [4.69, 9.17) is 9.47 Å². The minimum absolute atomic E-state index is 0.0418. The zero-order valence-corrected chi connectivity index (χ0v) is 11.4. The van der Waals surface area contributed by atoms with Crippen LogP contribution in [0.1, 0.15) is 20.7 Å². The first-order valence-electron chi connectivity index (χ1n) is 6.42. The van der Waals surface area contributed by atoms with Gasteiger partial charge in [0.2, 0.25) is 0 Å². The maximum absolute atomic E-state index is 12.5. The first-order valence-corrected chi connectivity index (χ1v) is 6.42. The third-order valence-corrected chi connectivity index (χ3v) is 3.23. The number of rotatable bonds is 4. The summed E-state index contributed by atoms with van der Waals surface area (Å²) in [6.07, 6.45) is 0. The molecule has 2 aromatic carbocycles. The Balaban J connectivity index is 2.03. The number of fused-ring (bicyclic) bond motifs is 1. The first kappa shape index (κ1) is 13.3. The zero-order chi connectivity index (χ0) is 14.8. The molecule has 1 heterocycles. The minimum Gasteiger partial charge on any atom is -0.465 e. The lowest BCUT2D eigenvalue weighted by Gasteiger charge is -2.17. The maximum Gasteiger partial charge on any atom is 0.266 e. The number of carbonyl (C=O) groups is 2. The quantitative estimate of drug-likeness (QED) is 0.639. The molecule has 0 unspecified atom stereocenters. The second-order valence-corrected chi connectivity index (χ2v) is 4.51. The number of amides is 2. The molecule has 1 aliphatic heterocycles. The number of hydrogen-bond acceptors (Lipinski definition) is 4. The van der Waals surface area contributed by atoms with Crippen molar-refractivity contribution in [1.82, 2.24) is 0 Å². The van der Waals surface area contributed by atoms with Crippen LogP contribution in [0.15, 0.2) is 48.5 Å². The molecule has 1 aliphatic rings. The van der Waals surface area contributed by atoms with Gasteiger partial charge in [0.15, 0.2) is 6.79 Å². The Morgan fingerprint density at radius 1 is 0.905 bits per heavy atom. The van der Waals surface area contributed by atoms with E-state index in [2.05, 4.69) is 0 Å². The molecule has 2 amide bonds. The van der Waals surface area contributed by atoms with Gasteiger partial charge in [-0.2, -0.15) is 0 Å². The SMILES string of the molecule is COCOc1ccccc1N1C(=O)c2ccccc2C1=O. The third-order valence-electron chi connectivity index (χ3n) is 3.23. The van der Waals surface area contributed by atoms with Crippen LogP contribution in [0.3, 0.4) is 0 Å². The number of para-hydroxylation sites is 2. The van der Waals surface area contributed by atoms with Crippen LogP contribution >= 0.6 is 0 Å². The average Bonchev–Trinajstić information content (AvgIpc) is 2.78. The maximum atomic E-state index is 12.5. The highest BCUT2D eigenvalue weighted by atomic mass is 16.7. The summed E-state index contributed by atoms with van der Waals surface area (Å²) in [6, 6.07) is 13.7. The Morgan fingerprint density at radius 2 is 1.48 bits per heavy atom. The van der Waals surface area contributed by atoms with Crippen LogP contribution in [0.5, 0.6) is 5.75 Å². The third kappa shape index (κ3) is 2.17. The van der Waals surface area contributed by atoms with Gasteiger partial charge in [0.05, 0.1) is 16.8 Å². The summed E-state index contributed by atoms with van der Waals surface area (Å²) in [4.78, 5) is 26.0. The van der Waals surface area contributed by atoms with Gasteiger partial charge in [0.1, 0.15) is 5.75 Å². The lowest BCUT2D eigenvalue weighted by molar-refractivity contribution is 0.0512. The fourth-order valence-electron chi connectivity index (χ4n) is 2.29. The zero-order valence-electron chi connectivity index (χ0n) is 11.4. The largest absolute Gasteiger partial charge is 0.465 e. The Labute approximate surface area is 121 Å². The standard InChI is InChI=1S/C16H13NO4/c1-20-10-21-14-9-5-4-8-13(14)17-15(18)11-6-2-3-7-12(11)16(17)19/h2-9H,10H2,1H3. The molecule has 5 nitrogen and oxygen atoms in total. The number of nitrogens with zero attached hydrogens (tertiary/aromatic N) is 1. The molecule has 0 aliphatic carbocycles. The van der Waals surface area contributed by atoms with Gasteiger partial charge < -0.3 is 9.47 Å². The fourth-order valence-corrected chi connectivity index (χ4v) is 2.29. The Bertz CT molecular complexity index is 676. The van der Waals surface area contributed by atoms with Crippen molar-refractivity contribution in [3.05, 3.63) is 59.7 Å². The Morgan fingerprint density at radius 3 is 2.10 bits per heavy atom. The molecule has 0 saturated heterocycles. The van der Waals surface area contributed by atoms with Crippen LogP contribution < -0.4 is 9.64 Å². The summed E-state index contributed by atoms with van der Waals surface area (Å²) in [7, 11) is 1.50. The highest BCUT2D eigenvalue weighted by Crippen LogP contribution is 2.34. The number of anilines is 1. The van der Waals surface area contributed by atoms with Gasteiger partial charge in [-0.3, -0.25) is 9.59 Å². The molecule has 0 spiro atoms. The van der Waals surface area contributed by atoms with E-state index < -0.39 is 0 Å². The van der Waals surface area contributed by atoms with Crippen LogP contribution in [0.2, 0.25) is 0 Å². The average molecular weight is 283 g/mol. The number of benzene rings is 2. The summed E-state index contributed by atoms with van der Waals surface area (Å²) in [5.41, 5.74) is 1.23. The van der Waals surface area contributed by atoms with Crippen LogP contribution in [0, 0.1) is 0 Å². The molecule has 0 bridgehead atoms. The molecule has 0 atom stereocenters. The van der Waals surface area contributed by atoms with E-state index in [1.165, 1.54) is 7.11 Å². The van der Waals surface area contributed by atoms with Crippen molar-refractivity contribution in [3.63, 3.8) is 0 Å². The Hall–Kier alpha value is -2.66. The van der Waals surface area contributed by atoms with Gasteiger partial charge in [-0.1, -0.05) is 24.3 Å². The van der Waals surface area contributed by atoms with Gasteiger partial charge in [0.25, 0.3) is 11.8 Å². The molecule has 106 valence electrons. The van der Waals surface area contributed by atoms with Crippen LogP contribution in [0.25, 0.3) is 0 Å². The summed E-state index contributed by atoms with van der Waals surface area (Å²) in [5, 5.41) is 0. The van der Waals surface area contributed by atoms with Gasteiger partial charge in [0, 0.05) is 7.11 Å². The topological polar surface area (TPSA) is 55.8 Å². The second kappa shape index (κ2) is 5.38. The molecule has 21 heavy (non-hydrogen) atoms. The normalized spacial score (nSPS) is 13.5. The molecule has 0 saturated carbocycles. The predicted octanol–water partition coefficient (Wildman–Crippen LogP) is 2.47. The van der Waals surface area contributed by atoms with E-state index in [-0.39, 0.29) is 18.6 Å². The van der Waals surface area contributed by atoms with Crippen molar-refractivity contribution in [2.24, 2.45) is 0 Å². The minimum atomic E-state index is -0.343. The number of carbonyl (C=O) groups excluding carboxylic acids is 2. The summed E-state index contributed by atoms with van der Waals surface area (Å²) >= 11 is 0. The highest BCUT2D eigenvalue weighted by molar-refractivity contribution is 6.34. The molecule has 0 fully saturated rings. The van der Waals surface area contributed by atoms with Crippen molar-refractivity contribution in [1.29, 1.82) is 0 Å². The van der Waals surface area contributed by atoms with Crippen LogP contribution in [-0.2, 0) is 4.74 Å². The van der Waals surface area contributed by atoms with E-state index in [1.54, 1.807) is 48.5 Å². The van der Waals surface area contributed by atoms with Gasteiger partial charge in [-0.05, 0) is 24.3 Å². The van der Waals surface area contributed by atoms with Gasteiger partial charge in [-0.15, -0.1) is 0 Å². The second-order valence-electron chi connectivity index (χ2n) is 4.51. The number of hydrogen-bond donors (Lipinski definition) is 0. The summed E-state index contributed by atoms with van der Waals surface area (Å²) in [6.45, 7) is 0.0418. The Kier molecular flexibility index (Phi) is 3.41. The van der Waals surface area contributed by atoms with Gasteiger partial charge in [-0.25, -0.2) is 4.90 Å². The molecule has 0 N–H and O–H groups in total. The van der Waals surface area contributed by atoms with Crippen molar-refractivity contribution < 1.29 is 19.1 Å². The lowest BCUT2D eigenvalue weighted by Crippen LogP contribution is -2.29. The van der Waals surface area contributed by atoms with E-state index >= 15 is 0 Å². The van der Waals surface area contributed by atoms with Crippen molar-refractivity contribution in [2.45, 2.75) is 0 Å². The smallest absolute Gasteiger partial charge is 0.266 e. The van der Waals surface area contributed by atoms with Crippen molar-refractivity contribution in [3.8, 4) is 5.75 Å². The fraction of sp³-hybridized carbons (Fsp3) is 0.125. The monoisotopic (exact) mass is 283 g/mol. The van der Waals surface area contributed by atoms with Crippen LogP contribution in [-0.4, -0.2) is 25.7 Å². The van der Waals surface area contributed by atoms with E-state index in [9.17, 15) is 9.59 Å². The molecule has 5 heteroatoms. The molecule has 0 radical (unpaired) electrons. The van der Waals surface area contributed by atoms with Crippen molar-refractivity contribution >= 4 is 17.5 Å². The number of ether oxygens (including phenoxy) is 2. The summed E-state index contributed by atoms with van der Waals surface area (Å²) in [5.74, 6) is -0.262. The first-order chi connectivity index (χ1) is 10.2. The molecular formula is C16H13NO4. The molecule has 3 rings (SSSR count). The van der Waals surface area contributed by atoms with E-state index in [0.717, 1.165) is 4.90 Å².